The molecule has 0 saturated carbocycles. The van der Waals surface area contributed by atoms with E-state index in [4.69, 9.17) is 0 Å². The molecule has 6 heteroatoms. The second-order valence-corrected chi connectivity index (χ2v) is 9.76. The van der Waals surface area contributed by atoms with Gasteiger partial charge in [-0.15, -0.1) is 0 Å². The molecule has 222 valence electrons. The molecule has 0 amide bonds. The summed E-state index contributed by atoms with van der Waals surface area (Å²) < 4.78 is 54.2. The van der Waals surface area contributed by atoms with E-state index in [9.17, 15) is 17.6 Å². The van der Waals surface area contributed by atoms with E-state index in [0.29, 0.717) is 19.4 Å². The van der Waals surface area contributed by atoms with Crippen molar-refractivity contribution < 1.29 is 17.6 Å². The molecule has 0 saturated heterocycles. The molecule has 41 heavy (non-hydrogen) atoms. The number of allylic oxidation sites excluding steroid dienone is 6. The molecule has 2 aromatic carbocycles. The predicted molar refractivity (Wildman–Crippen MR) is 168 cm³/mol. The van der Waals surface area contributed by atoms with Gasteiger partial charge in [-0.2, -0.15) is 0 Å². The van der Waals surface area contributed by atoms with Crippen LogP contribution in [0, 0.1) is 13.8 Å². The molecule has 2 aromatic rings. The molecule has 0 aliphatic carbocycles. The Morgan fingerprint density at radius 2 is 1.59 bits per heavy atom. The zero-order chi connectivity index (χ0) is 31.5. The lowest BCUT2D eigenvalue weighted by molar-refractivity contribution is 0.0104. The minimum atomic E-state index is -3.21. The molecule has 3 rings (SSSR count). The molecule has 0 spiro atoms. The number of benzene rings is 2. The Bertz CT molecular complexity index is 1360. The van der Waals surface area contributed by atoms with Crippen LogP contribution in [0.3, 0.4) is 0 Å². The van der Waals surface area contributed by atoms with Crippen LogP contribution in [0.15, 0.2) is 88.5 Å². The van der Waals surface area contributed by atoms with Gasteiger partial charge in [0.05, 0.1) is 11.4 Å². The fourth-order valence-corrected chi connectivity index (χ4v) is 3.91. The summed E-state index contributed by atoms with van der Waals surface area (Å²) in [5.74, 6) is -5.56. The van der Waals surface area contributed by atoms with Gasteiger partial charge in [0.2, 0.25) is 0 Å². The number of halogens is 4. The van der Waals surface area contributed by atoms with Gasteiger partial charge in [-0.25, -0.2) is 27.5 Å². The highest BCUT2D eigenvalue weighted by molar-refractivity contribution is 6.22. The number of hydrogen-bond donors (Lipinski definition) is 0. The summed E-state index contributed by atoms with van der Waals surface area (Å²) in [6, 6.07) is 9.58. The molecule has 0 N–H and O–H groups in total. The third-order valence-corrected chi connectivity index (χ3v) is 6.48. The van der Waals surface area contributed by atoms with E-state index in [0.717, 1.165) is 40.9 Å². The van der Waals surface area contributed by atoms with E-state index in [-0.39, 0.29) is 5.56 Å². The SMILES string of the molecule is C/C=C\C1=NC(c2cccc(C)c2C)=N/C1=C/C.C=C(/C=C(\C)CC)c1ccc(C(C)(F)F)cc1C(C)(F)F.CC. The van der Waals surface area contributed by atoms with Gasteiger partial charge < -0.3 is 0 Å². The lowest BCUT2D eigenvalue weighted by atomic mass is 9.92. The maximum Gasteiger partial charge on any atom is 0.271 e. The Labute approximate surface area is 244 Å². The largest absolute Gasteiger partial charge is 0.271 e. The Balaban J connectivity index is 0.000000390. The van der Waals surface area contributed by atoms with Crippen molar-refractivity contribution in [2.45, 2.75) is 87.5 Å². The van der Waals surface area contributed by atoms with E-state index < -0.39 is 23.0 Å². The normalized spacial score (nSPS) is 14.7. The van der Waals surface area contributed by atoms with Crippen molar-refractivity contribution in [1.82, 2.24) is 0 Å². The second kappa shape index (κ2) is 15.5. The van der Waals surface area contributed by atoms with Gasteiger partial charge in [0.15, 0.2) is 5.84 Å². The molecule has 1 aliphatic heterocycles. The zero-order valence-corrected chi connectivity index (χ0v) is 26.1. The van der Waals surface area contributed by atoms with Crippen LogP contribution in [0.1, 0.15) is 95.2 Å². The topological polar surface area (TPSA) is 24.7 Å². The van der Waals surface area contributed by atoms with Crippen molar-refractivity contribution in [2.24, 2.45) is 9.98 Å². The first kappa shape index (κ1) is 35.5. The predicted octanol–water partition coefficient (Wildman–Crippen LogP) is 11.3. The first-order valence-electron chi connectivity index (χ1n) is 13.9. The van der Waals surface area contributed by atoms with Crippen LogP contribution < -0.4 is 0 Å². The van der Waals surface area contributed by atoms with E-state index in [1.807, 2.05) is 59.8 Å². The molecular weight excluding hydrogens is 524 g/mol. The molecule has 0 bridgehead atoms. The Kier molecular flexibility index (Phi) is 13.4. The van der Waals surface area contributed by atoms with Crippen molar-refractivity contribution >= 4 is 17.1 Å². The summed E-state index contributed by atoms with van der Waals surface area (Å²) in [5, 5.41) is 0. The van der Waals surface area contributed by atoms with Crippen molar-refractivity contribution in [3.8, 4) is 0 Å². The summed E-state index contributed by atoms with van der Waals surface area (Å²) in [7, 11) is 0. The number of alkyl halides is 4. The minimum Gasteiger partial charge on any atom is -0.227 e. The van der Waals surface area contributed by atoms with Crippen molar-refractivity contribution in [3.05, 3.63) is 112 Å². The number of aliphatic imine (C=N–C) groups is 2. The van der Waals surface area contributed by atoms with Crippen LogP contribution in [0.4, 0.5) is 17.6 Å². The summed E-state index contributed by atoms with van der Waals surface area (Å²) in [5.41, 5.74) is 6.26. The third-order valence-electron chi connectivity index (χ3n) is 6.48. The van der Waals surface area contributed by atoms with Gasteiger partial charge in [0, 0.05) is 30.5 Å². The minimum absolute atomic E-state index is 0.198. The van der Waals surface area contributed by atoms with Gasteiger partial charge in [-0.3, -0.25) is 0 Å². The Morgan fingerprint density at radius 1 is 0.951 bits per heavy atom. The molecular formula is C35H44F4N2. The number of hydrogen-bond acceptors (Lipinski definition) is 2. The average molecular weight is 569 g/mol. The number of rotatable bonds is 7. The van der Waals surface area contributed by atoms with Gasteiger partial charge in [0.1, 0.15) is 0 Å². The Morgan fingerprint density at radius 3 is 2.10 bits per heavy atom. The average Bonchev–Trinajstić information content (AvgIpc) is 3.33. The zero-order valence-electron chi connectivity index (χ0n) is 26.1. The van der Waals surface area contributed by atoms with Crippen molar-refractivity contribution in [2.75, 3.05) is 0 Å². The summed E-state index contributed by atoms with van der Waals surface area (Å²) in [4.78, 5) is 9.22. The standard InChI is InChI=1S/C17H20F4.C16H18N2.C2H6/c1-6-11(2)9-12(3)14-8-7-13(16(4,18)19)10-15(14)17(5,20)21;1-5-8-15-14(6-2)17-16(18-15)13-10-7-9-11(3)12(13)4;1-2/h7-10H,3,6H2,1-2,4-5H3;5-10H,1-4H3;1-2H3/b11-9+;8-5-,14-6+;. The molecule has 1 aliphatic rings. The first-order chi connectivity index (χ1) is 19.1. The summed E-state index contributed by atoms with van der Waals surface area (Å²) in [6.07, 6.45) is 8.45. The fraction of sp³-hybridized carbons (Fsp3) is 0.371. The second-order valence-electron chi connectivity index (χ2n) is 9.76. The number of amidine groups is 1. The number of aryl methyl sites for hydroxylation is 1. The molecule has 0 radical (unpaired) electrons. The van der Waals surface area contributed by atoms with E-state index in [2.05, 4.69) is 48.6 Å². The monoisotopic (exact) mass is 568 g/mol. The highest BCUT2D eigenvalue weighted by Crippen LogP contribution is 2.38. The van der Waals surface area contributed by atoms with Gasteiger partial charge >= 0.3 is 0 Å². The fourth-order valence-electron chi connectivity index (χ4n) is 3.91. The maximum absolute atomic E-state index is 13.8. The lowest BCUT2D eigenvalue weighted by Crippen LogP contribution is -2.14. The van der Waals surface area contributed by atoms with Crippen LogP contribution in [-0.2, 0) is 11.8 Å². The summed E-state index contributed by atoms with van der Waals surface area (Å²) in [6.45, 7) is 21.2. The van der Waals surface area contributed by atoms with Crippen LogP contribution in [-0.4, -0.2) is 11.5 Å². The highest BCUT2D eigenvalue weighted by Gasteiger charge is 2.32. The lowest BCUT2D eigenvalue weighted by Gasteiger charge is -2.20. The van der Waals surface area contributed by atoms with E-state index in [1.165, 1.54) is 23.3 Å². The van der Waals surface area contributed by atoms with Crippen LogP contribution in [0.5, 0.6) is 0 Å². The molecule has 0 fully saturated rings. The van der Waals surface area contributed by atoms with Gasteiger partial charge in [0.25, 0.3) is 11.8 Å². The number of nitrogens with zero attached hydrogens (tertiary/aromatic N) is 2. The van der Waals surface area contributed by atoms with E-state index >= 15 is 0 Å². The van der Waals surface area contributed by atoms with E-state index in [1.54, 1.807) is 6.08 Å². The van der Waals surface area contributed by atoms with Crippen LogP contribution >= 0.6 is 0 Å². The van der Waals surface area contributed by atoms with Crippen molar-refractivity contribution in [1.29, 1.82) is 0 Å². The maximum atomic E-state index is 13.8. The highest BCUT2D eigenvalue weighted by atomic mass is 19.3. The first-order valence-corrected chi connectivity index (χ1v) is 13.9. The van der Waals surface area contributed by atoms with Gasteiger partial charge in [-0.1, -0.05) is 81.5 Å². The molecule has 1 heterocycles. The smallest absolute Gasteiger partial charge is 0.227 e. The van der Waals surface area contributed by atoms with Crippen LogP contribution in [0.25, 0.3) is 5.57 Å². The Hall–Kier alpha value is -3.54. The van der Waals surface area contributed by atoms with Gasteiger partial charge in [-0.05, 0) is 75.4 Å². The molecule has 0 aromatic heterocycles. The molecule has 2 nitrogen and oxygen atoms in total. The molecule has 0 atom stereocenters. The van der Waals surface area contributed by atoms with Crippen molar-refractivity contribution in [3.63, 3.8) is 0 Å². The summed E-state index contributed by atoms with van der Waals surface area (Å²) >= 11 is 0. The van der Waals surface area contributed by atoms with Crippen LogP contribution in [0.2, 0.25) is 0 Å². The third kappa shape index (κ3) is 9.80. The molecule has 0 unspecified atom stereocenters. The quantitative estimate of drug-likeness (QED) is 0.234.